The Morgan fingerprint density at radius 1 is 0.717 bits per heavy atom. The molecule has 0 aromatic heterocycles. The van der Waals surface area contributed by atoms with Crippen LogP contribution in [0.1, 0.15) is 51.5 Å². The quantitative estimate of drug-likeness (QED) is 0.154. The lowest BCUT2D eigenvalue weighted by atomic mass is 9.95. The molecule has 0 spiro atoms. The molecule has 244 valence electrons. The lowest BCUT2D eigenvalue weighted by Gasteiger charge is -2.23. The average Bonchev–Trinajstić information content (AvgIpc) is 3.04. The molecule has 3 N–H and O–H groups in total. The molecule has 0 unspecified atom stereocenters. The van der Waals surface area contributed by atoms with Crippen LogP contribution in [0.3, 0.4) is 0 Å². The number of ether oxygens (including phenoxy) is 2. The van der Waals surface area contributed by atoms with E-state index in [2.05, 4.69) is 14.8 Å². The maximum atomic E-state index is 13.7. The number of nitrogens with one attached hydrogen (secondary N) is 3. The Hall–Kier alpha value is -4.29. The molecule has 1 fully saturated rings. The molecule has 46 heavy (non-hydrogen) atoms. The first-order valence-corrected chi connectivity index (χ1v) is 18.4. The SMILES string of the molecule is CCOc1ccc(S(=O)(=O)Nc2cc(CC(=O)NC3CCCCC3)c(NS(=O)(=O)c3ccc(OCC)cc3)c3ccccc23)cc1. The number of sulfonamides is 2. The summed E-state index contributed by atoms with van der Waals surface area (Å²) in [6, 6.07) is 20.6. The van der Waals surface area contributed by atoms with Crippen LogP contribution < -0.4 is 24.2 Å². The maximum Gasteiger partial charge on any atom is 0.261 e. The second kappa shape index (κ2) is 14.4. The van der Waals surface area contributed by atoms with Gasteiger partial charge in [-0.15, -0.1) is 0 Å². The van der Waals surface area contributed by atoms with Crippen LogP contribution in [0.15, 0.2) is 88.7 Å². The van der Waals surface area contributed by atoms with Crippen molar-refractivity contribution in [2.45, 2.75) is 68.2 Å². The molecule has 4 aromatic rings. The third-order valence-electron chi connectivity index (χ3n) is 7.82. The Kier molecular flexibility index (Phi) is 10.4. The molecule has 0 saturated heterocycles. The Bertz CT molecular complexity index is 1890. The van der Waals surface area contributed by atoms with E-state index in [1.165, 1.54) is 30.3 Å². The van der Waals surface area contributed by atoms with Gasteiger partial charge in [0.05, 0.1) is 40.8 Å². The van der Waals surface area contributed by atoms with Crippen molar-refractivity contribution in [3.63, 3.8) is 0 Å². The molecule has 12 heteroatoms. The molecule has 10 nitrogen and oxygen atoms in total. The first-order valence-electron chi connectivity index (χ1n) is 15.4. The highest BCUT2D eigenvalue weighted by Crippen LogP contribution is 2.37. The van der Waals surface area contributed by atoms with Crippen LogP contribution in [0, 0.1) is 0 Å². The smallest absolute Gasteiger partial charge is 0.261 e. The number of anilines is 2. The van der Waals surface area contributed by atoms with Crippen LogP contribution >= 0.6 is 0 Å². The number of hydrogen-bond acceptors (Lipinski definition) is 7. The van der Waals surface area contributed by atoms with Gasteiger partial charge in [0.2, 0.25) is 5.91 Å². The van der Waals surface area contributed by atoms with Crippen molar-refractivity contribution in [3.8, 4) is 11.5 Å². The number of benzene rings is 4. The molecule has 0 heterocycles. The highest BCUT2D eigenvalue weighted by Gasteiger charge is 2.24. The van der Waals surface area contributed by atoms with Crippen LogP contribution in [-0.4, -0.2) is 42.0 Å². The molecule has 0 bridgehead atoms. The van der Waals surface area contributed by atoms with E-state index < -0.39 is 20.0 Å². The fourth-order valence-electron chi connectivity index (χ4n) is 5.64. The number of fused-ring (bicyclic) bond motifs is 1. The minimum Gasteiger partial charge on any atom is -0.494 e. The van der Waals surface area contributed by atoms with Gasteiger partial charge < -0.3 is 14.8 Å². The largest absolute Gasteiger partial charge is 0.494 e. The van der Waals surface area contributed by atoms with Crippen LogP contribution in [0.5, 0.6) is 11.5 Å². The van der Waals surface area contributed by atoms with Crippen molar-refractivity contribution < 1.29 is 31.1 Å². The lowest BCUT2D eigenvalue weighted by molar-refractivity contribution is -0.121. The molecule has 0 aliphatic heterocycles. The molecule has 1 aliphatic rings. The summed E-state index contributed by atoms with van der Waals surface area (Å²) < 4.78 is 70.7. The third kappa shape index (κ3) is 7.91. The van der Waals surface area contributed by atoms with Gasteiger partial charge in [-0.2, -0.15) is 0 Å². The Morgan fingerprint density at radius 3 is 1.78 bits per heavy atom. The summed E-state index contributed by atoms with van der Waals surface area (Å²) in [5.74, 6) is 0.808. The van der Waals surface area contributed by atoms with E-state index in [9.17, 15) is 21.6 Å². The lowest BCUT2D eigenvalue weighted by Crippen LogP contribution is -2.37. The number of carbonyl (C=O) groups excluding carboxylic acids is 1. The molecule has 0 atom stereocenters. The van der Waals surface area contributed by atoms with Crippen LogP contribution in [0.2, 0.25) is 0 Å². The molecular formula is C34H39N3O7S2. The summed E-state index contributed by atoms with van der Waals surface area (Å²) in [7, 11) is -8.17. The van der Waals surface area contributed by atoms with E-state index in [0.29, 0.717) is 41.0 Å². The van der Waals surface area contributed by atoms with Crippen molar-refractivity contribution in [2.24, 2.45) is 0 Å². The van der Waals surface area contributed by atoms with Gasteiger partial charge in [-0.3, -0.25) is 14.2 Å². The highest BCUT2D eigenvalue weighted by atomic mass is 32.2. The summed E-state index contributed by atoms with van der Waals surface area (Å²) in [6.07, 6.45) is 4.80. The van der Waals surface area contributed by atoms with E-state index in [1.54, 1.807) is 48.5 Å². The Labute approximate surface area is 270 Å². The fraction of sp³-hybridized carbons (Fsp3) is 0.324. The van der Waals surface area contributed by atoms with Gasteiger partial charge in [-0.05, 0) is 86.8 Å². The van der Waals surface area contributed by atoms with E-state index in [4.69, 9.17) is 9.47 Å². The van der Waals surface area contributed by atoms with E-state index in [0.717, 1.165) is 32.1 Å². The molecule has 5 rings (SSSR count). The minimum absolute atomic E-state index is 0.0120. The zero-order valence-corrected chi connectivity index (χ0v) is 27.5. The predicted molar refractivity (Wildman–Crippen MR) is 180 cm³/mol. The summed E-state index contributed by atoms with van der Waals surface area (Å²) >= 11 is 0. The van der Waals surface area contributed by atoms with Crippen LogP contribution in [-0.2, 0) is 31.3 Å². The van der Waals surface area contributed by atoms with Crippen LogP contribution in [0.4, 0.5) is 11.4 Å². The second-order valence-corrected chi connectivity index (χ2v) is 14.5. The zero-order valence-electron chi connectivity index (χ0n) is 25.9. The Balaban J connectivity index is 1.55. The van der Waals surface area contributed by atoms with Gasteiger partial charge in [-0.25, -0.2) is 16.8 Å². The third-order valence-corrected chi connectivity index (χ3v) is 10.6. The molecule has 0 radical (unpaired) electrons. The van der Waals surface area contributed by atoms with Crippen molar-refractivity contribution >= 4 is 48.1 Å². The molecular weight excluding hydrogens is 627 g/mol. The fourth-order valence-corrected chi connectivity index (χ4v) is 7.83. The predicted octanol–water partition coefficient (Wildman–Crippen LogP) is 6.23. The number of hydrogen-bond donors (Lipinski definition) is 3. The minimum atomic E-state index is -4.11. The van der Waals surface area contributed by atoms with Gasteiger partial charge >= 0.3 is 0 Å². The highest BCUT2D eigenvalue weighted by molar-refractivity contribution is 7.93. The standard InChI is InChI=1S/C34H39N3O7S2/c1-3-43-26-14-18-28(19-15-26)45(39,40)36-32-22-24(23-33(38)35-25-10-6-5-7-11-25)34(31-13-9-8-12-30(31)32)37-46(41,42)29-20-16-27(17-21-29)44-4-2/h8-9,12-22,25,36-37H,3-7,10-11,23H2,1-2H3,(H,35,38). The number of carbonyl (C=O) groups is 1. The summed E-state index contributed by atoms with van der Waals surface area (Å²) in [4.78, 5) is 13.4. The molecule has 1 amide bonds. The average molecular weight is 666 g/mol. The van der Waals surface area contributed by atoms with Crippen molar-refractivity contribution in [1.29, 1.82) is 0 Å². The van der Waals surface area contributed by atoms with Crippen LogP contribution in [0.25, 0.3) is 10.8 Å². The van der Waals surface area contributed by atoms with Crippen molar-refractivity contribution in [3.05, 3.63) is 84.4 Å². The first-order chi connectivity index (χ1) is 22.1. The summed E-state index contributed by atoms with van der Waals surface area (Å²) in [5.41, 5.74) is 0.743. The van der Waals surface area contributed by atoms with E-state index >= 15 is 0 Å². The van der Waals surface area contributed by atoms with Gasteiger partial charge in [-0.1, -0.05) is 43.5 Å². The first kappa shape index (κ1) is 33.1. The zero-order chi connectivity index (χ0) is 32.7. The van der Waals surface area contributed by atoms with E-state index in [1.807, 2.05) is 13.8 Å². The van der Waals surface area contributed by atoms with Gasteiger partial charge in [0.15, 0.2) is 0 Å². The number of rotatable bonds is 13. The normalized spacial score (nSPS) is 14.0. The monoisotopic (exact) mass is 665 g/mol. The molecule has 1 saturated carbocycles. The van der Waals surface area contributed by atoms with Gasteiger partial charge in [0.1, 0.15) is 11.5 Å². The maximum absolute atomic E-state index is 13.7. The summed E-state index contributed by atoms with van der Waals surface area (Å²) in [5, 5.41) is 3.97. The molecule has 1 aliphatic carbocycles. The second-order valence-electron chi connectivity index (χ2n) is 11.1. The Morgan fingerprint density at radius 2 is 1.24 bits per heavy atom. The number of amides is 1. The van der Waals surface area contributed by atoms with Crippen molar-refractivity contribution in [1.82, 2.24) is 5.32 Å². The van der Waals surface area contributed by atoms with Gasteiger partial charge in [0, 0.05) is 16.8 Å². The van der Waals surface area contributed by atoms with E-state index in [-0.39, 0.29) is 39.5 Å². The van der Waals surface area contributed by atoms with Crippen molar-refractivity contribution in [2.75, 3.05) is 22.7 Å². The topological polar surface area (TPSA) is 140 Å². The molecule has 4 aromatic carbocycles. The summed E-state index contributed by atoms with van der Waals surface area (Å²) in [6.45, 7) is 4.57. The van der Waals surface area contributed by atoms with Gasteiger partial charge in [0.25, 0.3) is 20.0 Å².